The molecule has 1 aliphatic rings. The first-order chi connectivity index (χ1) is 14.5. The van der Waals surface area contributed by atoms with Crippen molar-refractivity contribution in [2.75, 3.05) is 44.3 Å². The number of hydrogen-bond acceptors (Lipinski definition) is 5. The van der Waals surface area contributed by atoms with Gasteiger partial charge in [-0.1, -0.05) is 27.3 Å². The minimum Gasteiger partial charge on any atom is -0.379 e. The molecule has 0 saturated carbocycles. The molecule has 1 aliphatic heterocycles. The summed E-state index contributed by atoms with van der Waals surface area (Å²) in [5.74, 6) is -1.60. The minimum absolute atomic E-state index is 0. The van der Waals surface area contributed by atoms with Crippen molar-refractivity contribution in [3.05, 3.63) is 58.1 Å². The van der Waals surface area contributed by atoms with Crippen molar-refractivity contribution in [2.24, 2.45) is 0 Å². The highest BCUT2D eigenvalue weighted by Gasteiger charge is 2.23. The summed E-state index contributed by atoms with van der Waals surface area (Å²) in [7, 11) is 0. The highest BCUT2D eigenvalue weighted by Crippen LogP contribution is 2.32. The lowest BCUT2D eigenvalue weighted by Gasteiger charge is -2.27. The molecule has 0 atom stereocenters. The number of anilines is 1. The Balaban J connectivity index is 0.00000272. The van der Waals surface area contributed by atoms with E-state index < -0.39 is 11.6 Å². The molecule has 1 fully saturated rings. The highest BCUT2D eigenvalue weighted by atomic mass is 79.9. The van der Waals surface area contributed by atoms with Gasteiger partial charge in [0, 0.05) is 42.3 Å². The molecule has 1 aromatic heterocycles. The molecule has 166 valence electrons. The van der Waals surface area contributed by atoms with Crippen LogP contribution in [0.2, 0.25) is 0 Å². The number of hydrogen-bond donors (Lipinski definition) is 0. The van der Waals surface area contributed by atoms with Crippen LogP contribution in [-0.4, -0.2) is 55.2 Å². The zero-order valence-electron chi connectivity index (χ0n) is 16.5. The van der Waals surface area contributed by atoms with Crippen LogP contribution < -0.4 is 4.90 Å². The van der Waals surface area contributed by atoms with Crippen LogP contribution in [0.15, 0.2) is 40.9 Å². The van der Waals surface area contributed by atoms with Crippen LogP contribution in [-0.2, 0) is 4.74 Å². The third kappa shape index (κ3) is 5.78. The predicted molar refractivity (Wildman–Crippen MR) is 124 cm³/mol. The number of carbonyl (C=O) groups excluding carboxylic acids is 1. The van der Waals surface area contributed by atoms with Crippen LogP contribution in [0.3, 0.4) is 0 Å². The number of rotatable bonds is 6. The average Bonchev–Trinajstić information content (AvgIpc) is 3.16. The molecular weight excluding hydrogens is 512 g/mol. The summed E-state index contributed by atoms with van der Waals surface area (Å²) in [4.78, 5) is 21.4. The molecular formula is C21H21BrClF2N3O2S. The molecule has 0 radical (unpaired) electrons. The molecule has 0 N–H and O–H groups in total. The van der Waals surface area contributed by atoms with Gasteiger partial charge in [0.2, 0.25) is 0 Å². The molecule has 1 saturated heterocycles. The molecule has 4 rings (SSSR count). The van der Waals surface area contributed by atoms with Crippen molar-refractivity contribution in [3.63, 3.8) is 0 Å². The van der Waals surface area contributed by atoms with E-state index in [9.17, 15) is 13.6 Å². The van der Waals surface area contributed by atoms with Gasteiger partial charge in [0.1, 0.15) is 11.3 Å². The molecule has 0 bridgehead atoms. The normalized spacial score (nSPS) is 14.4. The van der Waals surface area contributed by atoms with Gasteiger partial charge in [0.05, 0.1) is 17.9 Å². The number of halogens is 4. The summed E-state index contributed by atoms with van der Waals surface area (Å²) in [6, 6.07) is 9.11. The molecule has 0 unspecified atom stereocenters. The van der Waals surface area contributed by atoms with E-state index in [0.29, 0.717) is 35.2 Å². The molecule has 1 amide bonds. The van der Waals surface area contributed by atoms with E-state index in [2.05, 4.69) is 25.8 Å². The van der Waals surface area contributed by atoms with Crippen LogP contribution >= 0.6 is 39.7 Å². The second-order valence-electron chi connectivity index (χ2n) is 7.00. The number of morpholine rings is 1. The number of amides is 1. The summed E-state index contributed by atoms with van der Waals surface area (Å²) >= 11 is 4.49. The van der Waals surface area contributed by atoms with Crippen molar-refractivity contribution in [3.8, 4) is 0 Å². The van der Waals surface area contributed by atoms with Crippen molar-refractivity contribution in [2.45, 2.75) is 6.42 Å². The van der Waals surface area contributed by atoms with E-state index in [1.807, 2.05) is 0 Å². The predicted octanol–water partition coefficient (Wildman–Crippen LogP) is 5.13. The van der Waals surface area contributed by atoms with Gasteiger partial charge in [0.25, 0.3) is 5.91 Å². The Bertz CT molecular complexity index is 1050. The maximum absolute atomic E-state index is 14.2. The van der Waals surface area contributed by atoms with Gasteiger partial charge in [-0.25, -0.2) is 13.8 Å². The Labute approximate surface area is 197 Å². The number of benzene rings is 2. The lowest BCUT2D eigenvalue weighted by Crippen LogP contribution is -2.39. The maximum Gasteiger partial charge on any atom is 0.260 e. The van der Waals surface area contributed by atoms with Gasteiger partial charge in [0.15, 0.2) is 10.9 Å². The van der Waals surface area contributed by atoms with E-state index >= 15 is 0 Å². The summed E-state index contributed by atoms with van der Waals surface area (Å²) in [5, 5.41) is 0.365. The molecule has 10 heteroatoms. The molecule has 3 aromatic rings. The van der Waals surface area contributed by atoms with Gasteiger partial charge < -0.3 is 4.74 Å². The number of ether oxygens (including phenoxy) is 1. The Morgan fingerprint density at radius 2 is 1.90 bits per heavy atom. The quantitative estimate of drug-likeness (QED) is 0.442. The maximum atomic E-state index is 14.2. The molecule has 2 aromatic carbocycles. The standard InChI is InChI=1S/C21H20BrF2N3O2S.ClH/c22-15-4-2-14(3-5-15)20(28)27(7-1-6-26-8-10-29-11-9-26)21-25-19-17(24)12-16(23)13-18(19)30-21;/h2-5,12-13H,1,6-11H2;1H. The Kier molecular flexibility index (Phi) is 8.35. The first-order valence-electron chi connectivity index (χ1n) is 9.64. The molecule has 0 spiro atoms. The van der Waals surface area contributed by atoms with E-state index in [0.717, 1.165) is 47.9 Å². The second kappa shape index (κ2) is 10.8. The molecule has 5 nitrogen and oxygen atoms in total. The fraction of sp³-hybridized carbons (Fsp3) is 0.333. The summed E-state index contributed by atoms with van der Waals surface area (Å²) in [6.07, 6.45) is 0.731. The SMILES string of the molecule is Cl.O=C(c1ccc(Br)cc1)N(CCCN1CCOCC1)c1nc2c(F)cc(F)cc2s1. The van der Waals surface area contributed by atoms with Crippen LogP contribution in [0, 0.1) is 11.6 Å². The number of nitrogens with zero attached hydrogens (tertiary/aromatic N) is 3. The zero-order chi connectivity index (χ0) is 21.1. The first-order valence-corrected chi connectivity index (χ1v) is 11.3. The van der Waals surface area contributed by atoms with Gasteiger partial charge in [-0.15, -0.1) is 12.4 Å². The number of aromatic nitrogens is 1. The van der Waals surface area contributed by atoms with E-state index in [1.165, 1.54) is 6.07 Å². The largest absolute Gasteiger partial charge is 0.379 e. The lowest BCUT2D eigenvalue weighted by atomic mass is 10.2. The number of fused-ring (bicyclic) bond motifs is 1. The first kappa shape index (κ1) is 24.0. The van der Waals surface area contributed by atoms with Gasteiger partial charge >= 0.3 is 0 Å². The Morgan fingerprint density at radius 3 is 2.61 bits per heavy atom. The highest BCUT2D eigenvalue weighted by molar-refractivity contribution is 9.10. The van der Waals surface area contributed by atoms with Crippen molar-refractivity contribution in [1.29, 1.82) is 0 Å². The van der Waals surface area contributed by atoms with Crippen molar-refractivity contribution < 1.29 is 18.3 Å². The molecule has 2 heterocycles. The third-order valence-corrected chi connectivity index (χ3v) is 6.48. The van der Waals surface area contributed by atoms with E-state index in [4.69, 9.17) is 4.74 Å². The minimum atomic E-state index is -0.725. The van der Waals surface area contributed by atoms with Crippen LogP contribution in [0.1, 0.15) is 16.8 Å². The van der Waals surface area contributed by atoms with Gasteiger partial charge in [-0.05, 0) is 36.8 Å². The van der Waals surface area contributed by atoms with Crippen LogP contribution in [0.5, 0.6) is 0 Å². The fourth-order valence-electron chi connectivity index (χ4n) is 3.37. The lowest BCUT2D eigenvalue weighted by molar-refractivity contribution is 0.0376. The molecule has 31 heavy (non-hydrogen) atoms. The Hall–Kier alpha value is -1.65. The number of carbonyl (C=O) groups is 1. The second-order valence-corrected chi connectivity index (χ2v) is 8.93. The van der Waals surface area contributed by atoms with Gasteiger partial charge in [-0.3, -0.25) is 14.6 Å². The zero-order valence-corrected chi connectivity index (χ0v) is 19.7. The monoisotopic (exact) mass is 531 g/mol. The fourth-order valence-corrected chi connectivity index (χ4v) is 4.66. The van der Waals surface area contributed by atoms with Crippen LogP contribution in [0.4, 0.5) is 13.9 Å². The van der Waals surface area contributed by atoms with Crippen molar-refractivity contribution >= 4 is 60.9 Å². The van der Waals surface area contributed by atoms with E-state index in [-0.39, 0.29) is 23.8 Å². The summed E-state index contributed by atoms with van der Waals surface area (Å²) in [5.41, 5.74) is 0.591. The van der Waals surface area contributed by atoms with E-state index in [1.54, 1.807) is 29.2 Å². The Morgan fingerprint density at radius 1 is 1.19 bits per heavy atom. The average molecular weight is 533 g/mol. The summed E-state index contributed by atoms with van der Waals surface area (Å²) in [6.45, 7) is 4.41. The summed E-state index contributed by atoms with van der Waals surface area (Å²) < 4.78 is 34.4. The van der Waals surface area contributed by atoms with Gasteiger partial charge in [-0.2, -0.15) is 0 Å². The molecule has 0 aliphatic carbocycles. The smallest absolute Gasteiger partial charge is 0.260 e. The third-order valence-electron chi connectivity index (χ3n) is 4.93. The topological polar surface area (TPSA) is 45.7 Å². The van der Waals surface area contributed by atoms with Crippen LogP contribution in [0.25, 0.3) is 10.2 Å². The van der Waals surface area contributed by atoms with Crippen molar-refractivity contribution in [1.82, 2.24) is 9.88 Å². The number of thiazole rings is 1.